The zero-order valence-corrected chi connectivity index (χ0v) is 16.8. The minimum absolute atomic E-state index is 0.149. The van der Waals surface area contributed by atoms with Crippen molar-refractivity contribution in [2.45, 2.75) is 13.0 Å². The fraction of sp³-hybridized carbons (Fsp3) is 0.211. The molecule has 0 spiro atoms. The van der Waals surface area contributed by atoms with Crippen molar-refractivity contribution in [3.8, 4) is 16.9 Å². The van der Waals surface area contributed by atoms with E-state index in [2.05, 4.69) is 20.8 Å². The van der Waals surface area contributed by atoms with Gasteiger partial charge in [0.25, 0.3) is 11.5 Å². The number of hydrogen-bond acceptors (Lipinski definition) is 5. The van der Waals surface area contributed by atoms with Gasteiger partial charge in [0.15, 0.2) is 0 Å². The van der Waals surface area contributed by atoms with Gasteiger partial charge in [-0.1, -0.05) is 23.7 Å². The number of rotatable bonds is 5. The Morgan fingerprint density at radius 2 is 1.90 bits per heavy atom. The Bertz CT molecular complexity index is 1120. The zero-order valence-electron chi connectivity index (χ0n) is 16.0. The van der Waals surface area contributed by atoms with Gasteiger partial charge in [0.2, 0.25) is 5.91 Å². The van der Waals surface area contributed by atoms with Crippen molar-refractivity contribution < 1.29 is 9.59 Å². The van der Waals surface area contributed by atoms with Crippen molar-refractivity contribution in [2.75, 3.05) is 7.05 Å². The first-order valence-corrected chi connectivity index (χ1v) is 9.09. The molecule has 2 heterocycles. The van der Waals surface area contributed by atoms with Crippen LogP contribution in [0.2, 0.25) is 5.02 Å². The Labute approximate surface area is 171 Å². The lowest BCUT2D eigenvalue weighted by Crippen LogP contribution is -2.45. The van der Waals surface area contributed by atoms with E-state index in [4.69, 9.17) is 11.6 Å². The third kappa shape index (κ3) is 4.35. The molecule has 3 rings (SSSR count). The smallest absolute Gasteiger partial charge is 0.284 e. The highest BCUT2D eigenvalue weighted by Gasteiger charge is 2.21. The summed E-state index contributed by atoms with van der Waals surface area (Å²) in [6, 6.07) is 7.42. The number of amides is 2. The van der Waals surface area contributed by atoms with Crippen LogP contribution in [0, 0.1) is 0 Å². The summed E-state index contributed by atoms with van der Waals surface area (Å²) in [5.41, 5.74) is 0.687. The molecule has 9 nitrogen and oxygen atoms in total. The van der Waals surface area contributed by atoms with Gasteiger partial charge in [-0.2, -0.15) is 14.9 Å². The molecule has 10 heteroatoms. The molecule has 1 aromatic carbocycles. The van der Waals surface area contributed by atoms with E-state index in [1.165, 1.54) is 30.9 Å². The topological polar surface area (TPSA) is 111 Å². The van der Waals surface area contributed by atoms with Crippen LogP contribution in [-0.2, 0) is 11.8 Å². The number of likely N-dealkylation sites (N-methyl/N-ethyl adjacent to an activating group) is 1. The van der Waals surface area contributed by atoms with E-state index in [-0.39, 0.29) is 11.5 Å². The fourth-order valence-electron chi connectivity index (χ4n) is 2.67. The molecule has 0 aliphatic carbocycles. The van der Waals surface area contributed by atoms with Gasteiger partial charge in [-0.25, -0.2) is 0 Å². The van der Waals surface area contributed by atoms with Crippen LogP contribution in [-0.4, -0.2) is 44.5 Å². The van der Waals surface area contributed by atoms with Crippen molar-refractivity contribution in [1.29, 1.82) is 0 Å². The Morgan fingerprint density at radius 3 is 2.48 bits per heavy atom. The lowest BCUT2D eigenvalue weighted by molar-refractivity contribution is -0.122. The average Bonchev–Trinajstić information content (AvgIpc) is 3.14. The number of hydrogen-bond donors (Lipinski definition) is 2. The standard InChI is InChI=1S/C19H19ClN6O3/c1-11(17(27)21-2)23-18(28)15-8-16(12-4-6-13(20)7-5-12)24-26(19(15)29)14-9-22-25(3)10-14/h4-11H,1-3H3,(H,21,27)(H,23,28)/t11-/m0/s1. The number of nitrogens with zero attached hydrogens (tertiary/aromatic N) is 4. The van der Waals surface area contributed by atoms with Crippen LogP contribution in [0.3, 0.4) is 0 Å². The monoisotopic (exact) mass is 414 g/mol. The second kappa shape index (κ2) is 8.27. The maximum atomic E-state index is 13.0. The summed E-state index contributed by atoms with van der Waals surface area (Å²) in [4.78, 5) is 37.4. The van der Waals surface area contributed by atoms with Gasteiger partial charge in [-0.3, -0.25) is 19.1 Å². The van der Waals surface area contributed by atoms with Crippen molar-refractivity contribution in [1.82, 2.24) is 30.2 Å². The zero-order chi connectivity index (χ0) is 21.1. The molecule has 2 aromatic heterocycles. The summed E-state index contributed by atoms with van der Waals surface area (Å²) >= 11 is 5.95. The number of nitrogens with one attached hydrogen (secondary N) is 2. The molecule has 0 saturated heterocycles. The van der Waals surface area contributed by atoms with Crippen LogP contribution in [0.5, 0.6) is 0 Å². The molecule has 2 amide bonds. The number of carbonyl (C=O) groups is 2. The van der Waals surface area contributed by atoms with E-state index in [0.29, 0.717) is 22.0 Å². The molecule has 1 atom stereocenters. The van der Waals surface area contributed by atoms with Gasteiger partial charge >= 0.3 is 0 Å². The number of aryl methyl sites for hydroxylation is 1. The fourth-order valence-corrected chi connectivity index (χ4v) is 2.79. The molecule has 0 radical (unpaired) electrons. The van der Waals surface area contributed by atoms with Gasteiger partial charge in [-0.05, 0) is 25.1 Å². The van der Waals surface area contributed by atoms with Crippen molar-refractivity contribution in [2.24, 2.45) is 7.05 Å². The third-order valence-corrected chi connectivity index (χ3v) is 4.47. The van der Waals surface area contributed by atoms with Gasteiger partial charge in [0.05, 0.1) is 18.1 Å². The van der Waals surface area contributed by atoms with Crippen LogP contribution >= 0.6 is 11.6 Å². The third-order valence-electron chi connectivity index (χ3n) is 4.22. The lowest BCUT2D eigenvalue weighted by Gasteiger charge is -2.13. The molecule has 0 aliphatic heterocycles. The Morgan fingerprint density at radius 1 is 1.21 bits per heavy atom. The number of halogens is 1. The van der Waals surface area contributed by atoms with E-state index in [1.54, 1.807) is 37.5 Å². The molecule has 2 N–H and O–H groups in total. The van der Waals surface area contributed by atoms with Gasteiger partial charge < -0.3 is 10.6 Å². The highest BCUT2D eigenvalue weighted by Crippen LogP contribution is 2.20. The minimum Gasteiger partial charge on any atom is -0.357 e. The first-order chi connectivity index (χ1) is 13.8. The van der Waals surface area contributed by atoms with Crippen LogP contribution in [0.4, 0.5) is 0 Å². The Hall–Kier alpha value is -3.46. The first-order valence-electron chi connectivity index (χ1n) is 8.72. The van der Waals surface area contributed by atoms with Gasteiger partial charge in [0.1, 0.15) is 17.3 Å². The number of carbonyl (C=O) groups excluding carboxylic acids is 2. The van der Waals surface area contributed by atoms with Crippen LogP contribution < -0.4 is 16.2 Å². The van der Waals surface area contributed by atoms with Crippen LogP contribution in [0.15, 0.2) is 47.5 Å². The summed E-state index contributed by atoms with van der Waals surface area (Å²) in [6.45, 7) is 1.53. The normalized spacial score (nSPS) is 11.7. The van der Waals surface area contributed by atoms with Crippen LogP contribution in [0.1, 0.15) is 17.3 Å². The first kappa shape index (κ1) is 20.3. The molecule has 150 valence electrons. The molecule has 0 unspecified atom stereocenters. The summed E-state index contributed by atoms with van der Waals surface area (Å²) in [5, 5.41) is 13.9. The maximum absolute atomic E-state index is 13.0. The van der Waals surface area contributed by atoms with Crippen molar-refractivity contribution >= 4 is 23.4 Å². The molecule has 0 fully saturated rings. The van der Waals surface area contributed by atoms with Gasteiger partial charge in [-0.15, -0.1) is 0 Å². The molecule has 0 bridgehead atoms. The molecule has 29 heavy (non-hydrogen) atoms. The molecule has 3 aromatic rings. The van der Waals surface area contributed by atoms with E-state index >= 15 is 0 Å². The highest BCUT2D eigenvalue weighted by molar-refractivity contribution is 6.30. The quantitative estimate of drug-likeness (QED) is 0.650. The summed E-state index contributed by atoms with van der Waals surface area (Å²) in [6.07, 6.45) is 3.07. The largest absolute Gasteiger partial charge is 0.357 e. The molecule has 0 saturated carbocycles. The highest BCUT2D eigenvalue weighted by atomic mass is 35.5. The summed E-state index contributed by atoms with van der Waals surface area (Å²) in [5.74, 6) is -1.06. The number of aromatic nitrogens is 4. The second-order valence-electron chi connectivity index (χ2n) is 6.35. The maximum Gasteiger partial charge on any atom is 0.284 e. The summed E-state index contributed by atoms with van der Waals surface area (Å²) < 4.78 is 2.63. The second-order valence-corrected chi connectivity index (χ2v) is 6.79. The van der Waals surface area contributed by atoms with Crippen molar-refractivity contribution in [3.05, 3.63) is 63.7 Å². The van der Waals surface area contributed by atoms with Crippen LogP contribution in [0.25, 0.3) is 16.9 Å². The summed E-state index contributed by atoms with van der Waals surface area (Å²) in [7, 11) is 3.17. The minimum atomic E-state index is -0.814. The SMILES string of the molecule is CNC(=O)[C@H](C)NC(=O)c1cc(-c2ccc(Cl)cc2)nn(-c2cnn(C)c2)c1=O. The van der Waals surface area contributed by atoms with Gasteiger partial charge in [0, 0.05) is 24.7 Å². The predicted molar refractivity (Wildman–Crippen MR) is 108 cm³/mol. The van der Waals surface area contributed by atoms with E-state index in [9.17, 15) is 14.4 Å². The van der Waals surface area contributed by atoms with E-state index in [0.717, 1.165) is 4.68 Å². The Balaban J connectivity index is 2.12. The Kier molecular flexibility index (Phi) is 5.79. The van der Waals surface area contributed by atoms with Crippen molar-refractivity contribution in [3.63, 3.8) is 0 Å². The lowest BCUT2D eigenvalue weighted by atomic mass is 10.1. The molecule has 0 aliphatic rings. The molecular weight excluding hydrogens is 396 g/mol. The average molecular weight is 415 g/mol. The predicted octanol–water partition coefficient (Wildman–Crippen LogP) is 1.15. The van der Waals surface area contributed by atoms with E-state index in [1.807, 2.05) is 0 Å². The molecular formula is C19H19ClN6O3. The van der Waals surface area contributed by atoms with E-state index < -0.39 is 17.5 Å². The number of benzene rings is 1.